The third-order valence-corrected chi connectivity index (χ3v) is 4.90. The molecule has 1 fully saturated rings. The molecule has 1 saturated carbocycles. The van der Waals surface area contributed by atoms with E-state index in [0.717, 1.165) is 24.9 Å². The minimum atomic E-state index is 0.0677. The highest BCUT2D eigenvalue weighted by Gasteiger charge is 2.52. The number of hydrogen-bond donors (Lipinski definition) is 1. The van der Waals surface area contributed by atoms with Gasteiger partial charge in [-0.05, 0) is 25.0 Å². The van der Waals surface area contributed by atoms with Crippen LogP contribution in [0.1, 0.15) is 33.1 Å². The lowest BCUT2D eigenvalue weighted by Crippen LogP contribution is -2.63. The first-order valence-electron chi connectivity index (χ1n) is 7.59. The summed E-state index contributed by atoms with van der Waals surface area (Å²) in [6.45, 7) is 4.35. The van der Waals surface area contributed by atoms with Gasteiger partial charge in [-0.1, -0.05) is 32.0 Å². The first-order chi connectivity index (χ1) is 10.2. The van der Waals surface area contributed by atoms with Crippen molar-refractivity contribution in [1.82, 2.24) is 14.8 Å². The third kappa shape index (κ3) is 2.31. The van der Waals surface area contributed by atoms with E-state index in [0.29, 0.717) is 6.01 Å². The number of nitrogens with zero attached hydrogens (tertiary/aromatic N) is 3. The number of nitrogens with two attached hydrogens (primary N) is 1. The molecule has 0 bridgehead atoms. The number of hydrogen-bond acceptors (Lipinski definition) is 4. The molecule has 21 heavy (non-hydrogen) atoms. The summed E-state index contributed by atoms with van der Waals surface area (Å²) < 4.78 is 7.73. The standard InChI is InChI=1S/C16H22N4O/c1-3-16(4-2)13(17)10-14(16)21-15-18-11-20(19-15)12-8-6-5-7-9-12/h5-9,11,13-14H,3-4,10,17H2,1-2H3. The van der Waals surface area contributed by atoms with Crippen LogP contribution in [0.3, 0.4) is 0 Å². The van der Waals surface area contributed by atoms with Gasteiger partial charge in [-0.25, -0.2) is 4.68 Å². The average molecular weight is 286 g/mol. The predicted octanol–water partition coefficient (Wildman–Crippen LogP) is 2.55. The highest BCUT2D eigenvalue weighted by molar-refractivity contribution is 5.29. The van der Waals surface area contributed by atoms with E-state index in [1.54, 1.807) is 11.0 Å². The van der Waals surface area contributed by atoms with Gasteiger partial charge in [0.25, 0.3) is 0 Å². The van der Waals surface area contributed by atoms with Gasteiger partial charge in [0.2, 0.25) is 0 Å². The molecule has 2 N–H and O–H groups in total. The van der Waals surface area contributed by atoms with Gasteiger partial charge in [0, 0.05) is 17.9 Å². The van der Waals surface area contributed by atoms with Crippen LogP contribution in [0.25, 0.3) is 5.69 Å². The van der Waals surface area contributed by atoms with E-state index in [9.17, 15) is 0 Å². The van der Waals surface area contributed by atoms with E-state index in [-0.39, 0.29) is 17.6 Å². The second-order valence-electron chi connectivity index (χ2n) is 5.70. The first kappa shape index (κ1) is 14.1. The van der Waals surface area contributed by atoms with E-state index in [2.05, 4.69) is 23.9 Å². The molecule has 0 aliphatic heterocycles. The number of benzene rings is 1. The van der Waals surface area contributed by atoms with Crippen molar-refractivity contribution >= 4 is 0 Å². The number of rotatable bonds is 5. The van der Waals surface area contributed by atoms with Crippen molar-refractivity contribution in [1.29, 1.82) is 0 Å². The predicted molar refractivity (Wildman–Crippen MR) is 81.4 cm³/mol. The van der Waals surface area contributed by atoms with Crippen molar-refractivity contribution in [2.24, 2.45) is 11.1 Å². The van der Waals surface area contributed by atoms with Gasteiger partial charge in [-0.2, -0.15) is 4.98 Å². The maximum absolute atomic E-state index is 6.19. The third-order valence-electron chi connectivity index (χ3n) is 4.90. The zero-order valence-corrected chi connectivity index (χ0v) is 12.6. The largest absolute Gasteiger partial charge is 0.458 e. The summed E-state index contributed by atoms with van der Waals surface area (Å²) in [7, 11) is 0. The van der Waals surface area contributed by atoms with E-state index in [1.165, 1.54) is 0 Å². The molecule has 2 aromatic rings. The molecule has 3 rings (SSSR count). The summed E-state index contributed by atoms with van der Waals surface area (Å²) in [6, 6.07) is 10.5. The summed E-state index contributed by atoms with van der Waals surface area (Å²) in [6.07, 6.45) is 4.72. The summed E-state index contributed by atoms with van der Waals surface area (Å²) in [5.74, 6) is 0. The summed E-state index contributed by atoms with van der Waals surface area (Å²) in [5, 5.41) is 4.40. The molecule has 1 aliphatic carbocycles. The van der Waals surface area contributed by atoms with Crippen molar-refractivity contribution in [3.05, 3.63) is 36.7 Å². The zero-order chi connectivity index (χ0) is 14.9. The van der Waals surface area contributed by atoms with Crippen molar-refractivity contribution in [3.63, 3.8) is 0 Å². The van der Waals surface area contributed by atoms with E-state index in [1.807, 2.05) is 30.3 Å². The Balaban J connectivity index is 1.74. The Morgan fingerprint density at radius 1 is 1.29 bits per heavy atom. The van der Waals surface area contributed by atoms with E-state index >= 15 is 0 Å². The highest BCUT2D eigenvalue weighted by atomic mass is 16.5. The molecular weight excluding hydrogens is 264 g/mol. The SMILES string of the molecule is CCC1(CC)C(N)CC1Oc1ncn(-c2ccccc2)n1. The smallest absolute Gasteiger partial charge is 0.336 e. The second-order valence-corrected chi connectivity index (χ2v) is 5.70. The van der Waals surface area contributed by atoms with Crippen LogP contribution in [0.2, 0.25) is 0 Å². The maximum Gasteiger partial charge on any atom is 0.336 e. The van der Waals surface area contributed by atoms with Crippen LogP contribution in [0.5, 0.6) is 6.01 Å². The quantitative estimate of drug-likeness (QED) is 0.917. The molecule has 1 aromatic heterocycles. The minimum absolute atomic E-state index is 0.0677. The summed E-state index contributed by atoms with van der Waals surface area (Å²) in [5.41, 5.74) is 7.24. The van der Waals surface area contributed by atoms with Gasteiger partial charge >= 0.3 is 6.01 Å². The summed E-state index contributed by atoms with van der Waals surface area (Å²) >= 11 is 0. The molecule has 5 nitrogen and oxygen atoms in total. The van der Waals surface area contributed by atoms with Gasteiger partial charge in [0.05, 0.1) is 5.69 Å². The molecule has 112 valence electrons. The van der Waals surface area contributed by atoms with Crippen molar-refractivity contribution in [2.75, 3.05) is 0 Å². The van der Waals surface area contributed by atoms with Crippen LogP contribution in [-0.2, 0) is 0 Å². The molecule has 1 aromatic carbocycles. The topological polar surface area (TPSA) is 66.0 Å². The average Bonchev–Trinajstić information content (AvgIpc) is 2.98. The maximum atomic E-state index is 6.19. The zero-order valence-electron chi connectivity index (χ0n) is 12.6. The Hall–Kier alpha value is -1.88. The number of aromatic nitrogens is 3. The van der Waals surface area contributed by atoms with Crippen molar-refractivity contribution in [3.8, 4) is 11.7 Å². The van der Waals surface area contributed by atoms with Gasteiger partial charge in [0.1, 0.15) is 12.4 Å². The molecule has 0 radical (unpaired) electrons. The van der Waals surface area contributed by atoms with Crippen LogP contribution in [0, 0.1) is 5.41 Å². The van der Waals surface area contributed by atoms with E-state index < -0.39 is 0 Å². The lowest BCUT2D eigenvalue weighted by molar-refractivity contribution is -0.0764. The van der Waals surface area contributed by atoms with Crippen LogP contribution < -0.4 is 10.5 Å². The molecule has 2 unspecified atom stereocenters. The second kappa shape index (κ2) is 5.48. The molecular formula is C16H22N4O. The Labute approximate surface area is 125 Å². The van der Waals surface area contributed by atoms with Crippen molar-refractivity contribution < 1.29 is 4.74 Å². The van der Waals surface area contributed by atoms with E-state index in [4.69, 9.17) is 10.5 Å². The van der Waals surface area contributed by atoms with Gasteiger partial charge < -0.3 is 10.5 Å². The normalized spacial score (nSPS) is 23.6. The Bertz CT molecular complexity index is 591. The summed E-state index contributed by atoms with van der Waals surface area (Å²) in [4.78, 5) is 4.26. The number of ether oxygens (including phenoxy) is 1. The highest BCUT2D eigenvalue weighted by Crippen LogP contribution is 2.47. The first-order valence-corrected chi connectivity index (χ1v) is 7.59. The molecule has 2 atom stereocenters. The van der Waals surface area contributed by atoms with Crippen molar-refractivity contribution in [2.45, 2.75) is 45.3 Å². The van der Waals surface area contributed by atoms with Crippen LogP contribution in [0.4, 0.5) is 0 Å². The van der Waals surface area contributed by atoms with Gasteiger partial charge in [0.15, 0.2) is 0 Å². The minimum Gasteiger partial charge on any atom is -0.458 e. The van der Waals surface area contributed by atoms with Crippen LogP contribution in [-0.4, -0.2) is 26.9 Å². The lowest BCUT2D eigenvalue weighted by Gasteiger charge is -2.52. The monoisotopic (exact) mass is 286 g/mol. The number of para-hydroxylation sites is 1. The molecule has 0 spiro atoms. The van der Waals surface area contributed by atoms with Crippen LogP contribution >= 0.6 is 0 Å². The Morgan fingerprint density at radius 3 is 2.62 bits per heavy atom. The van der Waals surface area contributed by atoms with Crippen LogP contribution in [0.15, 0.2) is 36.7 Å². The Kier molecular flexibility index (Phi) is 3.68. The molecule has 0 saturated heterocycles. The molecule has 0 amide bonds. The molecule has 5 heteroatoms. The Morgan fingerprint density at radius 2 is 2.00 bits per heavy atom. The van der Waals surface area contributed by atoms with Gasteiger partial charge in [-0.15, -0.1) is 5.10 Å². The molecule has 1 heterocycles. The fourth-order valence-corrected chi connectivity index (χ4v) is 3.31. The van der Waals surface area contributed by atoms with Gasteiger partial charge in [-0.3, -0.25) is 0 Å². The lowest BCUT2D eigenvalue weighted by atomic mass is 9.59. The molecule has 1 aliphatic rings. The fraction of sp³-hybridized carbons (Fsp3) is 0.500. The fourth-order valence-electron chi connectivity index (χ4n) is 3.31.